The molecule has 18 heavy (non-hydrogen) atoms. The van der Waals surface area contributed by atoms with E-state index in [-0.39, 0.29) is 0 Å². The van der Waals surface area contributed by atoms with Gasteiger partial charge in [-0.25, -0.2) is 0 Å². The van der Waals surface area contributed by atoms with Crippen molar-refractivity contribution in [3.8, 4) is 0 Å². The van der Waals surface area contributed by atoms with Crippen LogP contribution in [-0.2, 0) is 0 Å². The molecule has 3 atom stereocenters. The molecule has 2 aliphatic rings. The Labute approximate surface area is 114 Å². The van der Waals surface area contributed by atoms with Gasteiger partial charge in [-0.05, 0) is 56.8 Å². The normalized spacial score (nSPS) is 37.2. The zero-order valence-electron chi connectivity index (χ0n) is 12.8. The quantitative estimate of drug-likeness (QED) is 0.713. The number of nitrogens with one attached hydrogen (secondary N) is 1. The summed E-state index contributed by atoms with van der Waals surface area (Å²) in [6, 6.07) is 1.53. The third-order valence-electron chi connectivity index (χ3n) is 5.28. The van der Waals surface area contributed by atoms with E-state index in [2.05, 4.69) is 26.1 Å². The molecule has 0 aromatic heterocycles. The Morgan fingerprint density at radius 2 is 1.39 bits per heavy atom. The van der Waals surface area contributed by atoms with E-state index in [1.54, 1.807) is 0 Å². The van der Waals surface area contributed by atoms with Crippen LogP contribution in [0.15, 0.2) is 0 Å². The molecule has 0 bridgehead atoms. The van der Waals surface area contributed by atoms with Gasteiger partial charge in [0.05, 0.1) is 0 Å². The summed E-state index contributed by atoms with van der Waals surface area (Å²) < 4.78 is 0. The maximum Gasteiger partial charge on any atom is 0.00747 e. The molecule has 0 saturated heterocycles. The minimum atomic E-state index is 0.741. The SMILES string of the molecule is CC1CC(C)CC(N[C@@H](C)C2CCCCCC2)C1. The molecule has 1 nitrogen and oxygen atoms in total. The molecule has 2 unspecified atom stereocenters. The zero-order valence-corrected chi connectivity index (χ0v) is 12.8. The number of hydrogen-bond acceptors (Lipinski definition) is 1. The molecule has 0 aliphatic heterocycles. The van der Waals surface area contributed by atoms with Crippen LogP contribution >= 0.6 is 0 Å². The van der Waals surface area contributed by atoms with Crippen LogP contribution in [0.2, 0.25) is 0 Å². The second-order valence-electron chi connectivity index (χ2n) is 7.32. The molecule has 0 spiro atoms. The van der Waals surface area contributed by atoms with Crippen molar-refractivity contribution in [1.82, 2.24) is 5.32 Å². The van der Waals surface area contributed by atoms with Gasteiger partial charge in [-0.15, -0.1) is 0 Å². The molecule has 2 rings (SSSR count). The Hall–Kier alpha value is -0.0400. The Morgan fingerprint density at radius 1 is 0.833 bits per heavy atom. The standard InChI is InChI=1S/C17H33N/c1-13-10-14(2)12-17(11-13)18-15(3)16-8-6-4-5-7-9-16/h13-18H,4-12H2,1-3H3/t13?,14?,15-,17?/m0/s1. The molecule has 1 heteroatoms. The molecule has 2 aliphatic carbocycles. The van der Waals surface area contributed by atoms with Gasteiger partial charge in [0.25, 0.3) is 0 Å². The van der Waals surface area contributed by atoms with Crippen molar-refractivity contribution in [2.45, 2.75) is 90.6 Å². The van der Waals surface area contributed by atoms with Gasteiger partial charge in [0.1, 0.15) is 0 Å². The van der Waals surface area contributed by atoms with Gasteiger partial charge in [0, 0.05) is 12.1 Å². The van der Waals surface area contributed by atoms with Crippen molar-refractivity contribution in [1.29, 1.82) is 0 Å². The van der Waals surface area contributed by atoms with Crippen LogP contribution in [0.1, 0.15) is 78.6 Å². The van der Waals surface area contributed by atoms with Crippen molar-refractivity contribution in [3.05, 3.63) is 0 Å². The molecular weight excluding hydrogens is 218 g/mol. The first-order valence-corrected chi connectivity index (χ1v) is 8.41. The second-order valence-corrected chi connectivity index (χ2v) is 7.32. The first-order chi connectivity index (χ1) is 8.65. The summed E-state index contributed by atoms with van der Waals surface area (Å²) in [4.78, 5) is 0. The maximum atomic E-state index is 3.98. The highest BCUT2D eigenvalue weighted by Gasteiger charge is 2.27. The van der Waals surface area contributed by atoms with Crippen molar-refractivity contribution in [3.63, 3.8) is 0 Å². The number of hydrogen-bond donors (Lipinski definition) is 1. The van der Waals surface area contributed by atoms with Gasteiger partial charge in [0.15, 0.2) is 0 Å². The van der Waals surface area contributed by atoms with Gasteiger partial charge in [-0.1, -0.05) is 39.5 Å². The molecule has 0 amide bonds. The van der Waals surface area contributed by atoms with E-state index in [0.29, 0.717) is 0 Å². The van der Waals surface area contributed by atoms with Gasteiger partial charge in [0.2, 0.25) is 0 Å². The molecule has 0 heterocycles. The fourth-order valence-corrected chi connectivity index (χ4v) is 4.40. The van der Waals surface area contributed by atoms with Gasteiger partial charge in [-0.3, -0.25) is 0 Å². The predicted octanol–water partition coefficient (Wildman–Crippen LogP) is 4.76. The Morgan fingerprint density at radius 3 is 1.94 bits per heavy atom. The summed E-state index contributed by atoms with van der Waals surface area (Å²) in [6.07, 6.45) is 13.1. The fourth-order valence-electron chi connectivity index (χ4n) is 4.40. The first-order valence-electron chi connectivity index (χ1n) is 8.41. The van der Waals surface area contributed by atoms with Gasteiger partial charge in [-0.2, -0.15) is 0 Å². The van der Waals surface area contributed by atoms with Crippen molar-refractivity contribution < 1.29 is 0 Å². The molecule has 0 aromatic carbocycles. The van der Waals surface area contributed by atoms with E-state index >= 15 is 0 Å². The maximum absolute atomic E-state index is 3.98. The van der Waals surface area contributed by atoms with Crippen LogP contribution in [0.3, 0.4) is 0 Å². The molecule has 2 fully saturated rings. The van der Waals surface area contributed by atoms with Crippen LogP contribution in [0.5, 0.6) is 0 Å². The average Bonchev–Trinajstić information content (AvgIpc) is 2.55. The lowest BCUT2D eigenvalue weighted by molar-refractivity contribution is 0.206. The van der Waals surface area contributed by atoms with E-state index < -0.39 is 0 Å². The minimum absolute atomic E-state index is 0.741. The van der Waals surface area contributed by atoms with Crippen LogP contribution in [0, 0.1) is 17.8 Å². The highest BCUT2D eigenvalue weighted by molar-refractivity contribution is 4.84. The monoisotopic (exact) mass is 251 g/mol. The van der Waals surface area contributed by atoms with Crippen molar-refractivity contribution >= 4 is 0 Å². The highest BCUT2D eigenvalue weighted by atomic mass is 15.0. The fraction of sp³-hybridized carbons (Fsp3) is 1.00. The Balaban J connectivity index is 1.80. The molecule has 0 aromatic rings. The summed E-state index contributed by atoms with van der Waals surface area (Å²) in [6.45, 7) is 7.31. The highest BCUT2D eigenvalue weighted by Crippen LogP contribution is 2.31. The second kappa shape index (κ2) is 6.93. The van der Waals surface area contributed by atoms with E-state index in [1.807, 2.05) is 0 Å². The lowest BCUT2D eigenvalue weighted by Crippen LogP contribution is -2.44. The molecule has 106 valence electrons. The Bertz CT molecular complexity index is 220. The lowest BCUT2D eigenvalue weighted by Gasteiger charge is -2.36. The van der Waals surface area contributed by atoms with Crippen LogP contribution in [0.4, 0.5) is 0 Å². The van der Waals surface area contributed by atoms with E-state index in [1.165, 1.54) is 57.8 Å². The third kappa shape index (κ3) is 4.26. The summed E-state index contributed by atoms with van der Waals surface area (Å²) in [5.74, 6) is 2.79. The van der Waals surface area contributed by atoms with Crippen LogP contribution < -0.4 is 5.32 Å². The molecule has 1 N–H and O–H groups in total. The van der Waals surface area contributed by atoms with E-state index in [0.717, 1.165) is 29.8 Å². The summed E-state index contributed by atoms with van der Waals surface area (Å²) in [7, 11) is 0. The zero-order chi connectivity index (χ0) is 13.0. The van der Waals surface area contributed by atoms with Crippen LogP contribution in [0.25, 0.3) is 0 Å². The average molecular weight is 251 g/mol. The molecule has 0 radical (unpaired) electrons. The summed E-state index contributed by atoms with van der Waals surface area (Å²) in [5.41, 5.74) is 0. The smallest absolute Gasteiger partial charge is 0.00747 e. The van der Waals surface area contributed by atoms with Crippen molar-refractivity contribution in [2.75, 3.05) is 0 Å². The van der Waals surface area contributed by atoms with Crippen molar-refractivity contribution in [2.24, 2.45) is 17.8 Å². The van der Waals surface area contributed by atoms with E-state index in [9.17, 15) is 0 Å². The van der Waals surface area contributed by atoms with E-state index in [4.69, 9.17) is 0 Å². The first kappa shape index (κ1) is 14.4. The van der Waals surface area contributed by atoms with Gasteiger partial charge < -0.3 is 5.32 Å². The summed E-state index contributed by atoms with van der Waals surface area (Å²) >= 11 is 0. The Kier molecular flexibility index (Phi) is 5.54. The molecular formula is C17H33N. The number of rotatable bonds is 3. The lowest BCUT2D eigenvalue weighted by atomic mass is 9.79. The predicted molar refractivity (Wildman–Crippen MR) is 79.8 cm³/mol. The van der Waals surface area contributed by atoms with Crippen LogP contribution in [-0.4, -0.2) is 12.1 Å². The minimum Gasteiger partial charge on any atom is -0.311 e. The topological polar surface area (TPSA) is 12.0 Å². The largest absolute Gasteiger partial charge is 0.311 e. The molecule has 2 saturated carbocycles. The third-order valence-corrected chi connectivity index (χ3v) is 5.28. The van der Waals surface area contributed by atoms with Gasteiger partial charge >= 0.3 is 0 Å². The summed E-state index contributed by atoms with van der Waals surface area (Å²) in [5, 5.41) is 3.98.